The Bertz CT molecular complexity index is 370. The number of aromatic nitrogens is 2. The van der Waals surface area contributed by atoms with Crippen LogP contribution < -0.4 is 0 Å². The minimum atomic E-state index is -0.396. The Hall–Kier alpha value is -0.870. The van der Waals surface area contributed by atoms with Crippen molar-refractivity contribution in [1.82, 2.24) is 9.78 Å². The molecule has 4 heteroatoms. The smallest absolute Gasteiger partial charge is 0.0956 e. The van der Waals surface area contributed by atoms with Gasteiger partial charge in [-0.25, -0.2) is 0 Å². The number of hydrogen-bond donors (Lipinski definition) is 1. The lowest BCUT2D eigenvalue weighted by molar-refractivity contribution is 0.0932. The molecule has 0 amide bonds. The lowest BCUT2D eigenvalue weighted by Crippen LogP contribution is -2.10. The van der Waals surface area contributed by atoms with E-state index in [1.54, 1.807) is 0 Å². The Morgan fingerprint density at radius 3 is 3.11 bits per heavy atom. The fourth-order valence-electron chi connectivity index (χ4n) is 2.65. The van der Waals surface area contributed by atoms with Crippen LogP contribution in [0.5, 0.6) is 0 Å². The highest BCUT2D eigenvalue weighted by atomic mass is 16.5. The second-order valence-corrected chi connectivity index (χ2v) is 5.11. The van der Waals surface area contributed by atoms with Crippen molar-refractivity contribution < 1.29 is 9.84 Å². The molecule has 0 spiro atoms. The number of aliphatic hydroxyl groups is 1. The SMILES string of the molecule is CCn1nc(C)cc1C(O)CCCC1CCCO1. The van der Waals surface area contributed by atoms with Crippen molar-refractivity contribution in [3.8, 4) is 0 Å². The van der Waals surface area contributed by atoms with Gasteiger partial charge >= 0.3 is 0 Å². The zero-order valence-corrected chi connectivity index (χ0v) is 11.4. The molecule has 0 aromatic carbocycles. The quantitative estimate of drug-likeness (QED) is 0.846. The Morgan fingerprint density at radius 2 is 2.44 bits per heavy atom. The van der Waals surface area contributed by atoms with Crippen LogP contribution in [-0.2, 0) is 11.3 Å². The van der Waals surface area contributed by atoms with Gasteiger partial charge in [0.1, 0.15) is 0 Å². The number of ether oxygens (including phenoxy) is 1. The molecule has 1 aliphatic heterocycles. The van der Waals surface area contributed by atoms with Crippen molar-refractivity contribution in [2.75, 3.05) is 6.61 Å². The summed E-state index contributed by atoms with van der Waals surface area (Å²) in [6.45, 7) is 5.74. The summed E-state index contributed by atoms with van der Waals surface area (Å²) < 4.78 is 7.49. The van der Waals surface area contributed by atoms with E-state index in [9.17, 15) is 5.11 Å². The van der Waals surface area contributed by atoms with E-state index in [4.69, 9.17) is 4.74 Å². The molecule has 1 saturated heterocycles. The summed E-state index contributed by atoms with van der Waals surface area (Å²) in [6.07, 6.45) is 5.28. The number of nitrogens with zero attached hydrogens (tertiary/aromatic N) is 2. The highest BCUT2D eigenvalue weighted by Gasteiger charge is 2.17. The Morgan fingerprint density at radius 1 is 1.61 bits per heavy atom. The van der Waals surface area contributed by atoms with Crippen LogP contribution in [0.4, 0.5) is 0 Å². The van der Waals surface area contributed by atoms with Crippen molar-refractivity contribution in [2.24, 2.45) is 0 Å². The third-order valence-electron chi connectivity index (χ3n) is 3.60. The van der Waals surface area contributed by atoms with Crippen LogP contribution in [0.15, 0.2) is 6.07 Å². The molecule has 1 aliphatic rings. The normalized spacial score (nSPS) is 21.4. The van der Waals surface area contributed by atoms with Crippen molar-refractivity contribution in [3.63, 3.8) is 0 Å². The molecule has 2 rings (SSSR count). The van der Waals surface area contributed by atoms with Gasteiger partial charge in [-0.1, -0.05) is 0 Å². The molecule has 0 aliphatic carbocycles. The molecule has 1 aromatic rings. The van der Waals surface area contributed by atoms with Crippen LogP contribution in [0.1, 0.15) is 56.5 Å². The molecule has 1 N–H and O–H groups in total. The van der Waals surface area contributed by atoms with Gasteiger partial charge < -0.3 is 9.84 Å². The minimum absolute atomic E-state index is 0.396. The average molecular weight is 252 g/mol. The topological polar surface area (TPSA) is 47.3 Å². The van der Waals surface area contributed by atoms with E-state index in [1.165, 1.54) is 12.8 Å². The van der Waals surface area contributed by atoms with E-state index < -0.39 is 6.10 Å². The fraction of sp³-hybridized carbons (Fsp3) is 0.786. The molecule has 0 radical (unpaired) electrons. The van der Waals surface area contributed by atoms with E-state index >= 15 is 0 Å². The van der Waals surface area contributed by atoms with Crippen LogP contribution in [0, 0.1) is 6.92 Å². The predicted octanol–water partition coefficient (Wildman–Crippen LogP) is 2.59. The van der Waals surface area contributed by atoms with Crippen LogP contribution in [0.2, 0.25) is 0 Å². The first-order valence-electron chi connectivity index (χ1n) is 7.04. The third kappa shape index (κ3) is 3.33. The number of aliphatic hydroxyl groups excluding tert-OH is 1. The molecule has 0 saturated carbocycles. The Kier molecular flexibility index (Phi) is 4.78. The highest BCUT2D eigenvalue weighted by Crippen LogP contribution is 2.23. The molecule has 4 nitrogen and oxygen atoms in total. The fourth-order valence-corrected chi connectivity index (χ4v) is 2.65. The zero-order valence-electron chi connectivity index (χ0n) is 11.4. The van der Waals surface area contributed by atoms with Crippen molar-refractivity contribution >= 4 is 0 Å². The predicted molar refractivity (Wildman–Crippen MR) is 70.4 cm³/mol. The molecule has 2 heterocycles. The number of rotatable bonds is 6. The standard InChI is InChI=1S/C14H24N2O2/c1-3-16-13(10-11(2)15-16)14(17)8-4-6-12-7-5-9-18-12/h10,12,14,17H,3-9H2,1-2H3. The van der Waals surface area contributed by atoms with Gasteiger partial charge in [0.2, 0.25) is 0 Å². The molecule has 1 aromatic heterocycles. The van der Waals surface area contributed by atoms with Crippen LogP contribution in [0.25, 0.3) is 0 Å². The van der Waals surface area contributed by atoms with E-state index in [0.29, 0.717) is 6.10 Å². The van der Waals surface area contributed by atoms with Gasteiger partial charge in [0, 0.05) is 13.2 Å². The maximum atomic E-state index is 10.2. The second-order valence-electron chi connectivity index (χ2n) is 5.11. The first-order valence-corrected chi connectivity index (χ1v) is 7.04. The lowest BCUT2D eigenvalue weighted by atomic mass is 10.0. The summed E-state index contributed by atoms with van der Waals surface area (Å²) in [5.41, 5.74) is 1.92. The van der Waals surface area contributed by atoms with Gasteiger partial charge in [0.25, 0.3) is 0 Å². The summed E-state index contributed by atoms with van der Waals surface area (Å²) in [4.78, 5) is 0. The summed E-state index contributed by atoms with van der Waals surface area (Å²) in [6, 6.07) is 1.99. The van der Waals surface area contributed by atoms with Crippen molar-refractivity contribution in [2.45, 2.75) is 64.7 Å². The molecular formula is C14H24N2O2. The summed E-state index contributed by atoms with van der Waals surface area (Å²) in [7, 11) is 0. The maximum absolute atomic E-state index is 10.2. The second kappa shape index (κ2) is 6.34. The Labute approximate surface area is 109 Å². The van der Waals surface area contributed by atoms with Crippen molar-refractivity contribution in [1.29, 1.82) is 0 Å². The highest BCUT2D eigenvalue weighted by molar-refractivity contribution is 5.11. The van der Waals surface area contributed by atoms with E-state index in [2.05, 4.69) is 12.0 Å². The molecule has 1 fully saturated rings. The molecule has 2 unspecified atom stereocenters. The third-order valence-corrected chi connectivity index (χ3v) is 3.60. The van der Waals surface area contributed by atoms with E-state index in [-0.39, 0.29) is 0 Å². The Balaban J connectivity index is 1.81. The summed E-state index contributed by atoms with van der Waals surface area (Å²) in [5.74, 6) is 0. The largest absolute Gasteiger partial charge is 0.387 e. The summed E-state index contributed by atoms with van der Waals surface area (Å²) >= 11 is 0. The number of aryl methyl sites for hydroxylation is 2. The van der Waals surface area contributed by atoms with Crippen LogP contribution in [-0.4, -0.2) is 27.6 Å². The molecule has 102 valence electrons. The van der Waals surface area contributed by atoms with E-state index in [1.807, 2.05) is 17.7 Å². The monoisotopic (exact) mass is 252 g/mol. The first kappa shape index (κ1) is 13.6. The lowest BCUT2D eigenvalue weighted by Gasteiger charge is -2.14. The molecule has 2 atom stereocenters. The molecule has 18 heavy (non-hydrogen) atoms. The van der Waals surface area contributed by atoms with Gasteiger partial charge in [0.05, 0.1) is 23.6 Å². The van der Waals surface area contributed by atoms with Gasteiger partial charge in [0.15, 0.2) is 0 Å². The van der Waals surface area contributed by atoms with Crippen molar-refractivity contribution in [3.05, 3.63) is 17.5 Å². The van der Waals surface area contributed by atoms with Gasteiger partial charge in [-0.3, -0.25) is 4.68 Å². The van der Waals surface area contributed by atoms with Gasteiger partial charge in [-0.15, -0.1) is 0 Å². The maximum Gasteiger partial charge on any atom is 0.0956 e. The van der Waals surface area contributed by atoms with Crippen LogP contribution >= 0.6 is 0 Å². The minimum Gasteiger partial charge on any atom is -0.387 e. The average Bonchev–Trinajstić information content (AvgIpc) is 2.98. The van der Waals surface area contributed by atoms with Crippen LogP contribution in [0.3, 0.4) is 0 Å². The van der Waals surface area contributed by atoms with Gasteiger partial charge in [-0.05, 0) is 52.0 Å². The van der Waals surface area contributed by atoms with Gasteiger partial charge in [-0.2, -0.15) is 5.10 Å². The zero-order chi connectivity index (χ0) is 13.0. The number of hydrogen-bond acceptors (Lipinski definition) is 3. The van der Waals surface area contributed by atoms with E-state index in [0.717, 1.165) is 43.8 Å². The molecular weight excluding hydrogens is 228 g/mol. The summed E-state index contributed by atoms with van der Waals surface area (Å²) in [5, 5.41) is 14.6. The first-order chi connectivity index (χ1) is 8.70. The molecule has 0 bridgehead atoms.